The fourth-order valence-corrected chi connectivity index (χ4v) is 1.17. The van der Waals surface area contributed by atoms with E-state index in [1.807, 2.05) is 0 Å². The van der Waals surface area contributed by atoms with Crippen LogP contribution < -0.4 is 16.4 Å². The first-order valence-electron chi connectivity index (χ1n) is 4.97. The predicted octanol–water partition coefficient (Wildman–Crippen LogP) is -0.0532. The van der Waals surface area contributed by atoms with Crippen LogP contribution in [-0.2, 0) is 4.79 Å². The molecular formula is C12H13N3O2. The lowest BCUT2D eigenvalue weighted by Gasteiger charge is -2.05. The van der Waals surface area contributed by atoms with E-state index in [-0.39, 0.29) is 12.5 Å². The highest BCUT2D eigenvalue weighted by Gasteiger charge is 2.03. The van der Waals surface area contributed by atoms with E-state index < -0.39 is 5.91 Å². The van der Waals surface area contributed by atoms with Crippen LogP contribution in [0.3, 0.4) is 0 Å². The van der Waals surface area contributed by atoms with Gasteiger partial charge in [-0.15, -0.1) is 6.42 Å². The van der Waals surface area contributed by atoms with E-state index >= 15 is 0 Å². The van der Waals surface area contributed by atoms with Gasteiger partial charge in [-0.1, -0.05) is 5.92 Å². The number of nitrogens with two attached hydrogens (primary N) is 1. The maximum absolute atomic E-state index is 11.4. The summed E-state index contributed by atoms with van der Waals surface area (Å²) in [5.41, 5.74) is 6.09. The molecule has 0 bridgehead atoms. The SMILES string of the molecule is C#CCNCC(=O)Nc1ccc(C(N)=O)cc1. The Kier molecular flexibility index (Phi) is 4.73. The molecule has 17 heavy (non-hydrogen) atoms. The number of hydrogen-bond donors (Lipinski definition) is 3. The minimum atomic E-state index is -0.501. The van der Waals surface area contributed by atoms with Crippen LogP contribution >= 0.6 is 0 Å². The molecule has 5 nitrogen and oxygen atoms in total. The van der Waals surface area contributed by atoms with Crippen LogP contribution in [0.1, 0.15) is 10.4 Å². The van der Waals surface area contributed by atoms with Crippen LogP contribution in [0.15, 0.2) is 24.3 Å². The summed E-state index contributed by atoms with van der Waals surface area (Å²) in [5.74, 6) is 1.66. The number of primary amides is 1. The van der Waals surface area contributed by atoms with E-state index in [1.165, 1.54) is 0 Å². The monoisotopic (exact) mass is 231 g/mol. The second-order valence-corrected chi connectivity index (χ2v) is 3.30. The van der Waals surface area contributed by atoms with Crippen molar-refractivity contribution >= 4 is 17.5 Å². The van der Waals surface area contributed by atoms with Gasteiger partial charge in [-0.05, 0) is 24.3 Å². The standard InChI is InChI=1S/C12H13N3O2/c1-2-7-14-8-11(16)15-10-5-3-9(4-6-10)12(13)17/h1,3-6,14H,7-8H2,(H2,13,17)(H,15,16). The molecule has 0 spiro atoms. The Morgan fingerprint density at radius 3 is 2.47 bits per heavy atom. The number of carbonyl (C=O) groups is 2. The number of anilines is 1. The quantitative estimate of drug-likeness (QED) is 0.490. The van der Waals surface area contributed by atoms with Crippen molar-refractivity contribution in [2.24, 2.45) is 5.73 Å². The lowest BCUT2D eigenvalue weighted by molar-refractivity contribution is -0.115. The van der Waals surface area contributed by atoms with Crippen LogP contribution in [0.4, 0.5) is 5.69 Å². The second kappa shape index (κ2) is 6.30. The average Bonchev–Trinajstić information content (AvgIpc) is 2.30. The van der Waals surface area contributed by atoms with Gasteiger partial charge in [0.25, 0.3) is 0 Å². The Morgan fingerprint density at radius 1 is 1.29 bits per heavy atom. The van der Waals surface area contributed by atoms with Crippen LogP contribution in [0.25, 0.3) is 0 Å². The minimum absolute atomic E-state index is 0.141. The van der Waals surface area contributed by atoms with Gasteiger partial charge < -0.3 is 11.1 Å². The summed E-state index contributed by atoms with van der Waals surface area (Å²) in [6, 6.07) is 6.32. The van der Waals surface area contributed by atoms with Crippen molar-refractivity contribution in [2.45, 2.75) is 0 Å². The summed E-state index contributed by atoms with van der Waals surface area (Å²) in [6.07, 6.45) is 5.02. The van der Waals surface area contributed by atoms with Crippen molar-refractivity contribution in [1.29, 1.82) is 0 Å². The summed E-state index contributed by atoms with van der Waals surface area (Å²) in [4.78, 5) is 22.2. The van der Waals surface area contributed by atoms with Crippen molar-refractivity contribution in [3.05, 3.63) is 29.8 Å². The summed E-state index contributed by atoms with van der Waals surface area (Å²) < 4.78 is 0. The smallest absolute Gasteiger partial charge is 0.248 e. The van der Waals surface area contributed by atoms with E-state index in [4.69, 9.17) is 12.2 Å². The molecule has 1 aromatic carbocycles. The van der Waals surface area contributed by atoms with Crippen molar-refractivity contribution in [3.63, 3.8) is 0 Å². The second-order valence-electron chi connectivity index (χ2n) is 3.30. The number of nitrogens with one attached hydrogen (secondary N) is 2. The average molecular weight is 231 g/mol. The van der Waals surface area contributed by atoms with Crippen LogP contribution in [0.2, 0.25) is 0 Å². The van der Waals surface area contributed by atoms with Crippen molar-refractivity contribution in [1.82, 2.24) is 5.32 Å². The summed E-state index contributed by atoms with van der Waals surface area (Å²) >= 11 is 0. The first kappa shape index (κ1) is 12.7. The summed E-state index contributed by atoms with van der Waals surface area (Å²) in [5, 5.41) is 5.41. The predicted molar refractivity (Wildman–Crippen MR) is 65.3 cm³/mol. The van der Waals surface area contributed by atoms with E-state index in [1.54, 1.807) is 24.3 Å². The fraction of sp³-hybridized carbons (Fsp3) is 0.167. The third-order valence-electron chi connectivity index (χ3n) is 1.97. The Bertz CT molecular complexity index is 446. The Hall–Kier alpha value is -2.32. The van der Waals surface area contributed by atoms with E-state index in [9.17, 15) is 9.59 Å². The van der Waals surface area contributed by atoms with Crippen LogP contribution in [0.5, 0.6) is 0 Å². The largest absolute Gasteiger partial charge is 0.366 e. The first-order chi connectivity index (χ1) is 8.13. The van der Waals surface area contributed by atoms with Gasteiger partial charge in [-0.2, -0.15) is 0 Å². The summed E-state index contributed by atoms with van der Waals surface area (Å²) in [6.45, 7) is 0.482. The lowest BCUT2D eigenvalue weighted by Crippen LogP contribution is -2.28. The zero-order valence-electron chi connectivity index (χ0n) is 9.19. The highest BCUT2D eigenvalue weighted by Crippen LogP contribution is 2.08. The number of benzene rings is 1. The molecule has 0 fully saturated rings. The molecule has 5 heteroatoms. The number of carbonyl (C=O) groups excluding carboxylic acids is 2. The summed E-state index contributed by atoms with van der Waals surface area (Å²) in [7, 11) is 0. The zero-order valence-corrected chi connectivity index (χ0v) is 9.19. The molecule has 88 valence electrons. The molecule has 4 N–H and O–H groups in total. The van der Waals surface area contributed by atoms with Gasteiger partial charge in [0.15, 0.2) is 0 Å². The van der Waals surface area contributed by atoms with Crippen molar-refractivity contribution in [2.75, 3.05) is 18.4 Å². The minimum Gasteiger partial charge on any atom is -0.366 e. The molecule has 0 saturated carbocycles. The molecule has 0 unspecified atom stereocenters. The van der Waals surface area contributed by atoms with Gasteiger partial charge >= 0.3 is 0 Å². The first-order valence-corrected chi connectivity index (χ1v) is 4.97. The van der Waals surface area contributed by atoms with Gasteiger partial charge in [-0.25, -0.2) is 0 Å². The van der Waals surface area contributed by atoms with Gasteiger partial charge in [0.1, 0.15) is 0 Å². The Balaban J connectivity index is 2.49. The number of amides is 2. The highest BCUT2D eigenvalue weighted by atomic mass is 16.2. The number of hydrogen-bond acceptors (Lipinski definition) is 3. The van der Waals surface area contributed by atoms with Gasteiger partial charge in [0.2, 0.25) is 11.8 Å². The third-order valence-corrected chi connectivity index (χ3v) is 1.97. The normalized spacial score (nSPS) is 9.35. The van der Waals surface area contributed by atoms with Gasteiger partial charge in [0.05, 0.1) is 13.1 Å². The number of terminal acetylenes is 1. The molecule has 0 atom stereocenters. The molecule has 0 saturated heterocycles. The number of rotatable bonds is 5. The van der Waals surface area contributed by atoms with Gasteiger partial charge in [0, 0.05) is 11.3 Å². The van der Waals surface area contributed by atoms with Crippen LogP contribution in [0, 0.1) is 12.3 Å². The molecule has 1 aromatic rings. The molecule has 0 aliphatic carbocycles. The van der Waals surface area contributed by atoms with Gasteiger partial charge in [-0.3, -0.25) is 14.9 Å². The molecule has 0 radical (unpaired) electrons. The van der Waals surface area contributed by atoms with Crippen molar-refractivity contribution in [3.8, 4) is 12.3 Å². The Morgan fingerprint density at radius 2 is 1.94 bits per heavy atom. The Labute approximate surface area is 99.4 Å². The third kappa shape index (κ3) is 4.36. The molecule has 1 rings (SSSR count). The van der Waals surface area contributed by atoms with Crippen LogP contribution in [-0.4, -0.2) is 24.9 Å². The zero-order chi connectivity index (χ0) is 12.7. The molecular weight excluding hydrogens is 218 g/mol. The maximum atomic E-state index is 11.4. The van der Waals surface area contributed by atoms with E-state index in [0.29, 0.717) is 17.8 Å². The molecule has 0 aromatic heterocycles. The highest BCUT2D eigenvalue weighted by molar-refractivity contribution is 5.95. The fourth-order valence-electron chi connectivity index (χ4n) is 1.17. The topological polar surface area (TPSA) is 84.2 Å². The molecule has 2 amide bonds. The molecule has 0 aliphatic rings. The van der Waals surface area contributed by atoms with E-state index in [0.717, 1.165) is 0 Å². The maximum Gasteiger partial charge on any atom is 0.248 e. The van der Waals surface area contributed by atoms with E-state index in [2.05, 4.69) is 16.6 Å². The van der Waals surface area contributed by atoms with Crippen molar-refractivity contribution < 1.29 is 9.59 Å². The molecule has 0 aliphatic heterocycles. The lowest BCUT2D eigenvalue weighted by atomic mass is 10.2. The molecule has 0 heterocycles.